The molecule has 0 aromatic heterocycles. The molecule has 5 aliphatic rings. The Labute approximate surface area is 205 Å². The highest BCUT2D eigenvalue weighted by Gasteiger charge is 2.56. The molecule has 0 radical (unpaired) electrons. The van der Waals surface area contributed by atoms with Crippen LogP contribution in [0.1, 0.15) is 52.4 Å². The lowest BCUT2D eigenvalue weighted by atomic mass is 9.73. The number of amides is 3. The first-order chi connectivity index (χ1) is 16.4. The van der Waals surface area contributed by atoms with Gasteiger partial charge in [0.1, 0.15) is 12.3 Å². The number of imide groups is 1. The largest absolute Gasteiger partial charge is 0.325 e. The molecule has 4 heterocycles. The second-order valence-corrected chi connectivity index (χ2v) is 12.4. The number of thioether (sulfide) groups is 1. The zero-order chi connectivity index (χ0) is 24.0. The molecule has 0 aromatic carbocycles. The average Bonchev–Trinajstić information content (AvgIpc) is 2.80. The summed E-state index contributed by atoms with van der Waals surface area (Å²) >= 11 is 1.89. The summed E-state index contributed by atoms with van der Waals surface area (Å²) in [7, 11) is 0. The van der Waals surface area contributed by atoms with E-state index in [0.29, 0.717) is 6.42 Å². The van der Waals surface area contributed by atoms with Gasteiger partial charge < -0.3 is 15.5 Å². The second-order valence-electron chi connectivity index (χ2n) is 11.0. The van der Waals surface area contributed by atoms with Crippen LogP contribution in [0.3, 0.4) is 0 Å². The van der Waals surface area contributed by atoms with Crippen molar-refractivity contribution in [1.82, 2.24) is 26.2 Å². The van der Waals surface area contributed by atoms with Gasteiger partial charge in [0, 0.05) is 29.3 Å². The molecule has 4 N–H and O–H groups in total. The molecule has 5 rings (SSSR count). The van der Waals surface area contributed by atoms with Crippen LogP contribution in [0, 0.1) is 17.8 Å². The van der Waals surface area contributed by atoms with Crippen LogP contribution >= 0.6 is 11.8 Å². The Balaban J connectivity index is 1.55. The smallest absolute Gasteiger partial charge is 0.314 e. The molecule has 192 valence electrons. The third-order valence-electron chi connectivity index (χ3n) is 8.66. The normalized spacial score (nSPS) is 45.9. The average molecular weight is 500 g/mol. The Kier molecular flexibility index (Phi) is 7.40. The van der Waals surface area contributed by atoms with Gasteiger partial charge in [-0.15, -0.1) is 0 Å². The third-order valence-corrected chi connectivity index (χ3v) is 10.1. The molecule has 1 saturated carbocycles. The van der Waals surface area contributed by atoms with Crippen molar-refractivity contribution in [2.24, 2.45) is 17.8 Å². The van der Waals surface area contributed by atoms with Gasteiger partial charge in [0.05, 0.1) is 18.1 Å². The lowest BCUT2D eigenvalue weighted by Gasteiger charge is -2.55. The number of piperidine rings is 2. The highest BCUT2D eigenvalue weighted by molar-refractivity contribution is 7.99. The summed E-state index contributed by atoms with van der Waals surface area (Å²) in [5.41, 5.74) is 0. The Morgan fingerprint density at radius 3 is 2.65 bits per heavy atom. The second kappa shape index (κ2) is 10.2. The number of rotatable bonds is 1. The fraction of sp³-hybridized carbons (Fsp3) is 0.917. The van der Waals surface area contributed by atoms with Crippen molar-refractivity contribution in [3.63, 3.8) is 0 Å². The summed E-state index contributed by atoms with van der Waals surface area (Å²) in [6.45, 7) is 5.96. The van der Waals surface area contributed by atoms with Gasteiger partial charge in [0.25, 0.3) is 0 Å². The van der Waals surface area contributed by atoms with E-state index < -0.39 is 48.3 Å². The minimum atomic E-state index is -1.34. The number of urea groups is 1. The molecule has 3 amide bonds. The van der Waals surface area contributed by atoms with Gasteiger partial charge in [-0.1, -0.05) is 13.8 Å². The van der Waals surface area contributed by atoms with Gasteiger partial charge in [-0.25, -0.2) is 13.6 Å². The number of hydrogen-bond donors (Lipinski definition) is 4. The van der Waals surface area contributed by atoms with Gasteiger partial charge in [-0.05, 0) is 63.3 Å². The summed E-state index contributed by atoms with van der Waals surface area (Å²) < 4.78 is 31.0. The molecule has 0 spiro atoms. The minimum Gasteiger partial charge on any atom is -0.314 e. The van der Waals surface area contributed by atoms with Crippen molar-refractivity contribution in [3.05, 3.63) is 0 Å². The van der Waals surface area contributed by atoms with E-state index in [1.807, 2.05) is 11.8 Å². The predicted molar refractivity (Wildman–Crippen MR) is 129 cm³/mol. The van der Waals surface area contributed by atoms with Crippen molar-refractivity contribution >= 4 is 23.7 Å². The van der Waals surface area contributed by atoms with Gasteiger partial charge in [0.2, 0.25) is 5.91 Å². The molecule has 34 heavy (non-hydrogen) atoms. The molecule has 2 bridgehead atoms. The quantitative estimate of drug-likeness (QED) is 0.443. The number of fused-ring (bicyclic) bond motifs is 5. The zero-order valence-electron chi connectivity index (χ0n) is 20.1. The van der Waals surface area contributed by atoms with Crippen molar-refractivity contribution in [2.45, 2.75) is 100 Å². The molecule has 7 nitrogen and oxygen atoms in total. The maximum Gasteiger partial charge on any atom is 0.325 e. The van der Waals surface area contributed by atoms with E-state index in [9.17, 15) is 9.59 Å². The molecule has 4 saturated heterocycles. The van der Waals surface area contributed by atoms with Crippen LogP contribution in [-0.4, -0.2) is 83.6 Å². The lowest BCUT2D eigenvalue weighted by Crippen LogP contribution is -2.77. The lowest BCUT2D eigenvalue weighted by molar-refractivity contribution is -0.135. The van der Waals surface area contributed by atoms with Crippen molar-refractivity contribution in [2.75, 3.05) is 18.8 Å². The van der Waals surface area contributed by atoms with Crippen LogP contribution in [0.5, 0.6) is 0 Å². The molecule has 10 unspecified atom stereocenters. The van der Waals surface area contributed by atoms with Crippen molar-refractivity contribution in [1.29, 1.82) is 0 Å². The van der Waals surface area contributed by atoms with E-state index >= 15 is 8.78 Å². The topological polar surface area (TPSA) is 85.5 Å². The van der Waals surface area contributed by atoms with Crippen molar-refractivity contribution < 1.29 is 18.4 Å². The molecule has 10 atom stereocenters. The summed E-state index contributed by atoms with van der Waals surface area (Å²) in [5, 5.41) is 13.3. The maximum absolute atomic E-state index is 15.6. The van der Waals surface area contributed by atoms with Gasteiger partial charge >= 0.3 is 6.03 Å². The van der Waals surface area contributed by atoms with Crippen molar-refractivity contribution in [3.8, 4) is 0 Å². The first kappa shape index (κ1) is 24.7. The van der Waals surface area contributed by atoms with E-state index in [-0.39, 0.29) is 35.7 Å². The van der Waals surface area contributed by atoms with Crippen LogP contribution in [0.2, 0.25) is 0 Å². The van der Waals surface area contributed by atoms with Gasteiger partial charge in [-0.3, -0.25) is 15.4 Å². The summed E-state index contributed by atoms with van der Waals surface area (Å²) in [6, 6.07) is -1.31. The Hall–Kier alpha value is -0.970. The number of halogens is 2. The van der Waals surface area contributed by atoms with Gasteiger partial charge in [0.15, 0.2) is 0 Å². The minimum absolute atomic E-state index is 0.0121. The predicted octanol–water partition coefficient (Wildman–Crippen LogP) is 2.17. The highest BCUT2D eigenvalue weighted by atomic mass is 32.2. The van der Waals surface area contributed by atoms with E-state index in [0.717, 1.165) is 44.5 Å². The fourth-order valence-electron chi connectivity index (χ4n) is 7.08. The maximum atomic E-state index is 15.6. The highest BCUT2D eigenvalue weighted by Crippen LogP contribution is 2.40. The van der Waals surface area contributed by atoms with E-state index in [1.165, 1.54) is 0 Å². The van der Waals surface area contributed by atoms with Crippen LogP contribution < -0.4 is 21.3 Å². The molecule has 0 aromatic rings. The Bertz CT molecular complexity index is 776. The number of nitrogens with zero attached hydrogens (tertiary/aromatic N) is 1. The zero-order valence-corrected chi connectivity index (χ0v) is 21.0. The number of alkyl halides is 2. The third kappa shape index (κ3) is 4.48. The monoisotopic (exact) mass is 499 g/mol. The van der Waals surface area contributed by atoms with Crippen LogP contribution in [0.4, 0.5) is 13.6 Å². The van der Waals surface area contributed by atoms with Crippen LogP contribution in [-0.2, 0) is 4.79 Å². The SMILES string of the molecule is CC(C)C1NCCC2SCCCNC3CCCC(F)C3C3NC4C(CC3F)C(=O)NC(=O)N4C21. The Morgan fingerprint density at radius 2 is 1.85 bits per heavy atom. The summed E-state index contributed by atoms with van der Waals surface area (Å²) in [6.07, 6.45) is 0.867. The number of hydrogen-bond acceptors (Lipinski definition) is 6. The molecule has 4 aliphatic heterocycles. The Morgan fingerprint density at radius 1 is 1.03 bits per heavy atom. The van der Waals surface area contributed by atoms with E-state index in [1.54, 1.807) is 4.90 Å². The van der Waals surface area contributed by atoms with E-state index in [2.05, 4.69) is 35.1 Å². The fourth-order valence-corrected chi connectivity index (χ4v) is 8.47. The van der Waals surface area contributed by atoms with Gasteiger partial charge in [-0.2, -0.15) is 11.8 Å². The molecule has 5 fully saturated rings. The molecule has 1 aliphatic carbocycles. The number of carbonyl (C=O) groups excluding carboxylic acids is 2. The molecule has 10 heteroatoms. The summed E-state index contributed by atoms with van der Waals surface area (Å²) in [5.74, 6) is -0.390. The molecular formula is C24H39F2N5O2S. The van der Waals surface area contributed by atoms with E-state index in [4.69, 9.17) is 0 Å². The number of nitrogens with one attached hydrogen (secondary N) is 4. The van der Waals surface area contributed by atoms with Crippen LogP contribution in [0.25, 0.3) is 0 Å². The van der Waals surface area contributed by atoms with Crippen LogP contribution in [0.15, 0.2) is 0 Å². The summed E-state index contributed by atoms with van der Waals surface area (Å²) in [4.78, 5) is 28.0. The first-order valence-electron chi connectivity index (χ1n) is 13.1. The molecular weight excluding hydrogens is 460 g/mol. The standard InChI is InChI=1S/C24H39F2N5O2S/c1-12(2)19-21-17(7-9-28-19)34-10-4-8-27-16-6-3-5-14(25)18(16)20-15(26)11-13-22(29-20)31(21)24(33)30-23(13)32/h12-22,27-29H,3-11H2,1-2H3,(H,30,32,33). The first-order valence-corrected chi connectivity index (χ1v) is 14.2. The number of carbonyl (C=O) groups is 2.